The Morgan fingerprint density at radius 3 is 2.83 bits per heavy atom. The first kappa shape index (κ1) is 13.1. The molecule has 4 nitrogen and oxygen atoms in total. The quantitative estimate of drug-likeness (QED) is 0.863. The monoisotopic (exact) mass is 267 g/mol. The molecule has 2 rings (SSSR count). The summed E-state index contributed by atoms with van der Waals surface area (Å²) < 4.78 is 0. The molecule has 0 saturated heterocycles. The fourth-order valence-electron chi connectivity index (χ4n) is 1.60. The Kier molecular flexibility index (Phi) is 3.76. The van der Waals surface area contributed by atoms with Crippen LogP contribution in [0.1, 0.15) is 43.6 Å². The van der Waals surface area contributed by atoms with Crippen molar-refractivity contribution in [3.63, 3.8) is 0 Å². The van der Waals surface area contributed by atoms with Gasteiger partial charge in [-0.2, -0.15) is 0 Å². The van der Waals surface area contributed by atoms with Crippen LogP contribution in [0.4, 0.5) is 5.82 Å². The van der Waals surface area contributed by atoms with Gasteiger partial charge in [0.15, 0.2) is 0 Å². The van der Waals surface area contributed by atoms with Crippen LogP contribution in [0.3, 0.4) is 0 Å². The van der Waals surface area contributed by atoms with Crippen molar-refractivity contribution in [2.75, 3.05) is 11.9 Å². The van der Waals surface area contributed by atoms with Crippen molar-refractivity contribution in [3.05, 3.63) is 22.8 Å². The van der Waals surface area contributed by atoms with E-state index in [0.717, 1.165) is 25.8 Å². The van der Waals surface area contributed by atoms with Crippen molar-refractivity contribution < 1.29 is 4.79 Å². The lowest BCUT2D eigenvalue weighted by Crippen LogP contribution is -2.35. The van der Waals surface area contributed by atoms with Gasteiger partial charge in [-0.05, 0) is 38.3 Å². The minimum atomic E-state index is -0.194. The third-order valence-corrected chi connectivity index (χ3v) is 3.34. The molecule has 0 unspecified atom stereocenters. The Morgan fingerprint density at radius 2 is 2.22 bits per heavy atom. The molecule has 1 aliphatic rings. The highest BCUT2D eigenvalue weighted by atomic mass is 35.5. The molecular formula is C13H18ClN3O. The van der Waals surface area contributed by atoms with Gasteiger partial charge in [-0.25, -0.2) is 4.98 Å². The van der Waals surface area contributed by atoms with Gasteiger partial charge in [0.1, 0.15) is 11.5 Å². The Morgan fingerprint density at radius 1 is 1.50 bits per heavy atom. The van der Waals surface area contributed by atoms with Crippen molar-refractivity contribution in [3.8, 4) is 0 Å². The summed E-state index contributed by atoms with van der Waals surface area (Å²) in [6.07, 6.45) is 3.04. The Bertz CT molecular complexity index is 458. The van der Waals surface area contributed by atoms with Crippen molar-refractivity contribution in [2.45, 2.75) is 38.6 Å². The first-order chi connectivity index (χ1) is 8.54. The van der Waals surface area contributed by atoms with Gasteiger partial charge in [-0.15, -0.1) is 0 Å². The second-order valence-electron chi connectivity index (χ2n) is 4.97. The molecule has 18 heavy (non-hydrogen) atoms. The summed E-state index contributed by atoms with van der Waals surface area (Å²) in [6.45, 7) is 4.93. The first-order valence-corrected chi connectivity index (χ1v) is 6.65. The van der Waals surface area contributed by atoms with Gasteiger partial charge in [0.2, 0.25) is 0 Å². The average Bonchev–Trinajstić information content (AvgIpc) is 3.05. The van der Waals surface area contributed by atoms with Crippen LogP contribution < -0.4 is 10.6 Å². The van der Waals surface area contributed by atoms with Gasteiger partial charge in [-0.1, -0.05) is 18.5 Å². The predicted molar refractivity (Wildman–Crippen MR) is 73.1 cm³/mol. The number of anilines is 1. The first-order valence-electron chi connectivity index (χ1n) is 6.27. The van der Waals surface area contributed by atoms with E-state index in [4.69, 9.17) is 11.6 Å². The third kappa shape index (κ3) is 3.13. The number of carbonyl (C=O) groups excluding carboxylic acids is 1. The molecule has 0 atom stereocenters. The summed E-state index contributed by atoms with van der Waals surface area (Å²) in [5.74, 6) is 0.493. The molecule has 1 amide bonds. The van der Waals surface area contributed by atoms with E-state index >= 15 is 0 Å². The van der Waals surface area contributed by atoms with Gasteiger partial charge >= 0.3 is 0 Å². The number of halogens is 1. The zero-order valence-corrected chi connectivity index (χ0v) is 11.5. The van der Waals surface area contributed by atoms with Crippen LogP contribution in [0.2, 0.25) is 5.02 Å². The molecule has 0 spiro atoms. The second-order valence-corrected chi connectivity index (χ2v) is 5.38. The van der Waals surface area contributed by atoms with Gasteiger partial charge < -0.3 is 10.6 Å². The molecule has 0 radical (unpaired) electrons. The van der Waals surface area contributed by atoms with E-state index in [2.05, 4.69) is 22.5 Å². The summed E-state index contributed by atoms with van der Waals surface area (Å²) in [6, 6.07) is 3.49. The van der Waals surface area contributed by atoms with Crippen molar-refractivity contribution in [2.24, 2.45) is 0 Å². The number of carbonyl (C=O) groups is 1. The number of pyridine rings is 1. The normalized spacial score (nSPS) is 16.2. The minimum Gasteiger partial charge on any atom is -0.370 e. The molecule has 98 valence electrons. The Balaban J connectivity index is 2.12. The fraction of sp³-hybridized carbons (Fsp3) is 0.538. The largest absolute Gasteiger partial charge is 0.370 e. The molecular weight excluding hydrogens is 250 g/mol. The smallest absolute Gasteiger partial charge is 0.271 e. The number of aromatic nitrogens is 1. The summed E-state index contributed by atoms with van der Waals surface area (Å²) in [4.78, 5) is 16.3. The standard InChI is InChI=1S/C13H18ClN3O/c1-3-8-15-10-5-4-9(14)11(16-10)12(18)17-13(2)6-7-13/h4-5H,3,6-8H2,1-2H3,(H,15,16)(H,17,18). The predicted octanol–water partition coefficient (Wildman–Crippen LogP) is 2.84. The molecule has 1 aromatic rings. The Hall–Kier alpha value is -1.29. The van der Waals surface area contributed by atoms with Crippen molar-refractivity contribution in [1.29, 1.82) is 0 Å². The number of amides is 1. The summed E-state index contributed by atoms with van der Waals surface area (Å²) in [7, 11) is 0. The zero-order chi connectivity index (χ0) is 13.2. The molecule has 5 heteroatoms. The van der Waals surface area contributed by atoms with Gasteiger partial charge in [0.25, 0.3) is 5.91 Å². The minimum absolute atomic E-state index is 0.0606. The highest BCUT2D eigenvalue weighted by Crippen LogP contribution is 2.34. The second kappa shape index (κ2) is 5.14. The van der Waals surface area contributed by atoms with Crippen molar-refractivity contribution >= 4 is 23.3 Å². The van der Waals surface area contributed by atoms with Crippen molar-refractivity contribution in [1.82, 2.24) is 10.3 Å². The molecule has 1 heterocycles. The lowest BCUT2D eigenvalue weighted by atomic mass is 10.2. The molecule has 1 aromatic heterocycles. The molecule has 0 aromatic carbocycles. The van der Waals surface area contributed by atoms with Crippen LogP contribution in [0.15, 0.2) is 12.1 Å². The SMILES string of the molecule is CCCNc1ccc(Cl)c(C(=O)NC2(C)CC2)n1. The topological polar surface area (TPSA) is 54.0 Å². The van der Waals surface area contributed by atoms with E-state index < -0.39 is 0 Å². The number of hydrogen-bond donors (Lipinski definition) is 2. The number of nitrogens with zero attached hydrogens (tertiary/aromatic N) is 1. The lowest BCUT2D eigenvalue weighted by Gasteiger charge is -2.12. The van der Waals surface area contributed by atoms with Gasteiger partial charge in [0.05, 0.1) is 5.02 Å². The molecule has 1 aliphatic carbocycles. The maximum absolute atomic E-state index is 12.1. The number of rotatable bonds is 5. The van der Waals surface area contributed by atoms with E-state index in [0.29, 0.717) is 16.5 Å². The van der Waals surface area contributed by atoms with E-state index in [-0.39, 0.29) is 11.4 Å². The number of hydrogen-bond acceptors (Lipinski definition) is 3. The van der Waals surface area contributed by atoms with Crippen LogP contribution in [0.5, 0.6) is 0 Å². The van der Waals surface area contributed by atoms with Crippen LogP contribution in [-0.2, 0) is 0 Å². The highest BCUT2D eigenvalue weighted by Gasteiger charge is 2.39. The van der Waals surface area contributed by atoms with E-state index in [1.165, 1.54) is 0 Å². The fourth-order valence-corrected chi connectivity index (χ4v) is 1.79. The van der Waals surface area contributed by atoms with Crippen LogP contribution >= 0.6 is 11.6 Å². The molecule has 2 N–H and O–H groups in total. The van der Waals surface area contributed by atoms with Gasteiger partial charge in [-0.3, -0.25) is 4.79 Å². The van der Waals surface area contributed by atoms with Gasteiger partial charge in [0, 0.05) is 12.1 Å². The maximum Gasteiger partial charge on any atom is 0.271 e. The maximum atomic E-state index is 12.1. The van der Waals surface area contributed by atoms with E-state index in [9.17, 15) is 4.79 Å². The number of nitrogens with one attached hydrogen (secondary N) is 2. The average molecular weight is 268 g/mol. The highest BCUT2D eigenvalue weighted by molar-refractivity contribution is 6.33. The third-order valence-electron chi connectivity index (χ3n) is 3.03. The zero-order valence-electron chi connectivity index (χ0n) is 10.7. The summed E-state index contributed by atoms with van der Waals surface area (Å²) in [5.41, 5.74) is 0.237. The van der Waals surface area contributed by atoms with E-state index in [1.54, 1.807) is 12.1 Å². The Labute approximate surface area is 112 Å². The van der Waals surface area contributed by atoms with E-state index in [1.807, 2.05) is 6.92 Å². The van der Waals surface area contributed by atoms with Crippen LogP contribution in [0.25, 0.3) is 0 Å². The summed E-state index contributed by atoms with van der Waals surface area (Å²) in [5, 5.41) is 6.49. The molecule has 1 fully saturated rings. The lowest BCUT2D eigenvalue weighted by molar-refractivity contribution is 0.0930. The van der Waals surface area contributed by atoms with Crippen LogP contribution in [0, 0.1) is 0 Å². The van der Waals surface area contributed by atoms with Crippen LogP contribution in [-0.4, -0.2) is 23.0 Å². The molecule has 1 saturated carbocycles. The molecule has 0 bridgehead atoms. The molecule has 0 aliphatic heterocycles. The summed E-state index contributed by atoms with van der Waals surface area (Å²) >= 11 is 6.02.